The summed E-state index contributed by atoms with van der Waals surface area (Å²) in [6, 6.07) is 18.9. The lowest BCUT2D eigenvalue weighted by Gasteiger charge is -2.30. The smallest absolute Gasteiger partial charge is 0.338 e. The van der Waals surface area contributed by atoms with Crippen molar-refractivity contribution < 1.29 is 9.53 Å². The van der Waals surface area contributed by atoms with E-state index in [4.69, 9.17) is 4.74 Å². The summed E-state index contributed by atoms with van der Waals surface area (Å²) in [5.41, 5.74) is 2.36. The van der Waals surface area contributed by atoms with Gasteiger partial charge in [-0.15, -0.1) is 5.10 Å². The number of piperidine rings is 1. The predicted octanol–water partition coefficient (Wildman–Crippen LogP) is 2.57. The van der Waals surface area contributed by atoms with E-state index in [-0.39, 0.29) is 18.0 Å². The minimum Gasteiger partial charge on any atom is -0.457 e. The fraction of sp³-hybridized carbons (Fsp3) is 0.250. The molecule has 1 saturated heterocycles. The zero-order valence-corrected chi connectivity index (χ0v) is 14.3. The van der Waals surface area contributed by atoms with Crippen LogP contribution in [-0.2, 0) is 4.74 Å². The Balaban J connectivity index is 1.53. The van der Waals surface area contributed by atoms with Crippen LogP contribution in [0.2, 0.25) is 0 Å². The second-order valence-corrected chi connectivity index (χ2v) is 6.33. The predicted molar refractivity (Wildman–Crippen MR) is 97.2 cm³/mol. The zero-order valence-electron chi connectivity index (χ0n) is 14.3. The molecule has 1 aliphatic heterocycles. The first-order chi connectivity index (χ1) is 12.8. The van der Waals surface area contributed by atoms with Crippen molar-refractivity contribution >= 4 is 5.97 Å². The van der Waals surface area contributed by atoms with Gasteiger partial charge in [0.15, 0.2) is 0 Å². The molecule has 0 aliphatic carbocycles. The molecule has 3 aromatic rings. The summed E-state index contributed by atoms with van der Waals surface area (Å²) in [4.78, 5) is 12.4. The number of benzene rings is 2. The maximum atomic E-state index is 12.4. The topological polar surface area (TPSA) is 69.0 Å². The van der Waals surface area contributed by atoms with Crippen LogP contribution in [-0.4, -0.2) is 40.2 Å². The fourth-order valence-corrected chi connectivity index (χ4v) is 3.23. The normalized spacial score (nSPS) is 19.8. The summed E-state index contributed by atoms with van der Waals surface area (Å²) in [6.07, 6.45) is 2.51. The molecular weight excluding hydrogens is 328 g/mol. The molecule has 0 saturated carbocycles. The third-order valence-electron chi connectivity index (χ3n) is 4.61. The van der Waals surface area contributed by atoms with E-state index in [2.05, 4.69) is 15.6 Å². The third-order valence-corrected chi connectivity index (χ3v) is 4.61. The summed E-state index contributed by atoms with van der Waals surface area (Å²) in [6.45, 7) is 1.48. The van der Waals surface area contributed by atoms with E-state index >= 15 is 0 Å². The molecule has 0 radical (unpaired) electrons. The minimum atomic E-state index is -0.306. The Morgan fingerprint density at radius 1 is 1.08 bits per heavy atom. The molecule has 26 heavy (non-hydrogen) atoms. The number of nitrogens with zero attached hydrogens (tertiary/aromatic N) is 3. The van der Waals surface area contributed by atoms with Gasteiger partial charge in [0.2, 0.25) is 0 Å². The molecule has 4 rings (SSSR count). The van der Waals surface area contributed by atoms with E-state index in [1.165, 1.54) is 0 Å². The average Bonchev–Trinajstić information content (AvgIpc) is 3.20. The van der Waals surface area contributed by atoms with Crippen molar-refractivity contribution in [2.45, 2.75) is 18.4 Å². The highest BCUT2D eigenvalue weighted by Gasteiger charge is 2.32. The van der Waals surface area contributed by atoms with Crippen molar-refractivity contribution in [2.75, 3.05) is 13.1 Å². The van der Waals surface area contributed by atoms with E-state index in [0.717, 1.165) is 24.3 Å². The summed E-state index contributed by atoms with van der Waals surface area (Å²) in [7, 11) is 0. The molecule has 6 nitrogen and oxygen atoms in total. The first kappa shape index (κ1) is 16.5. The lowest BCUT2D eigenvalue weighted by atomic mass is 9.92. The average molecular weight is 348 g/mol. The number of para-hydroxylation sites is 1. The third kappa shape index (κ3) is 3.50. The van der Waals surface area contributed by atoms with Gasteiger partial charge in [-0.3, -0.25) is 0 Å². The highest BCUT2D eigenvalue weighted by atomic mass is 16.5. The molecule has 0 amide bonds. The summed E-state index contributed by atoms with van der Waals surface area (Å²) < 4.78 is 7.54. The highest BCUT2D eigenvalue weighted by molar-refractivity contribution is 5.89. The maximum absolute atomic E-state index is 12.4. The number of carbonyl (C=O) groups excluding carboxylic acids is 1. The van der Waals surface area contributed by atoms with Gasteiger partial charge in [0.05, 0.1) is 23.1 Å². The van der Waals surface area contributed by atoms with Gasteiger partial charge in [-0.05, 0) is 37.2 Å². The lowest BCUT2D eigenvalue weighted by Crippen LogP contribution is -2.42. The Kier molecular flexibility index (Phi) is 4.75. The van der Waals surface area contributed by atoms with Crippen LogP contribution < -0.4 is 5.32 Å². The lowest BCUT2D eigenvalue weighted by molar-refractivity contribution is 0.0178. The van der Waals surface area contributed by atoms with Crippen LogP contribution in [0.15, 0.2) is 66.9 Å². The number of hydrogen-bond donors (Lipinski definition) is 1. The van der Waals surface area contributed by atoms with Crippen molar-refractivity contribution in [1.82, 2.24) is 20.3 Å². The molecule has 2 heterocycles. The van der Waals surface area contributed by atoms with Gasteiger partial charge in [-0.25, -0.2) is 9.48 Å². The molecule has 0 unspecified atom stereocenters. The van der Waals surface area contributed by atoms with Crippen molar-refractivity contribution in [1.29, 1.82) is 0 Å². The van der Waals surface area contributed by atoms with Crippen LogP contribution in [0.4, 0.5) is 0 Å². The second kappa shape index (κ2) is 7.49. The van der Waals surface area contributed by atoms with Crippen molar-refractivity contribution in [3.05, 3.63) is 78.1 Å². The van der Waals surface area contributed by atoms with Gasteiger partial charge >= 0.3 is 5.97 Å². The molecule has 0 bridgehead atoms. The number of esters is 1. The Hall–Kier alpha value is -2.99. The number of ether oxygens (including phenoxy) is 1. The number of rotatable bonds is 4. The van der Waals surface area contributed by atoms with E-state index in [0.29, 0.717) is 12.1 Å². The van der Waals surface area contributed by atoms with E-state index in [1.54, 1.807) is 16.8 Å². The molecule has 2 aromatic carbocycles. The van der Waals surface area contributed by atoms with Crippen molar-refractivity contribution in [3.63, 3.8) is 0 Å². The van der Waals surface area contributed by atoms with E-state index in [9.17, 15) is 4.79 Å². The molecule has 2 atom stereocenters. The summed E-state index contributed by atoms with van der Waals surface area (Å²) in [5, 5.41) is 11.9. The first-order valence-corrected chi connectivity index (χ1v) is 8.76. The van der Waals surface area contributed by atoms with Crippen LogP contribution in [0, 0.1) is 0 Å². The van der Waals surface area contributed by atoms with Gasteiger partial charge in [0.1, 0.15) is 6.10 Å². The maximum Gasteiger partial charge on any atom is 0.338 e. The standard InChI is InChI=1S/C20H20N4O2/c25-20(15-7-3-1-4-8-15)26-19-13-21-12-11-17(19)18-14-24(23-22-18)16-9-5-2-6-10-16/h1-10,14,17,19,21H,11-13H2/t17-,19+/m0/s1. The van der Waals surface area contributed by atoms with Crippen LogP contribution in [0.25, 0.3) is 5.69 Å². The van der Waals surface area contributed by atoms with Gasteiger partial charge in [-0.1, -0.05) is 41.6 Å². The fourth-order valence-electron chi connectivity index (χ4n) is 3.23. The quantitative estimate of drug-likeness (QED) is 0.734. The summed E-state index contributed by atoms with van der Waals surface area (Å²) >= 11 is 0. The zero-order chi connectivity index (χ0) is 17.8. The molecular formula is C20H20N4O2. The molecule has 1 fully saturated rings. The van der Waals surface area contributed by atoms with Gasteiger partial charge < -0.3 is 10.1 Å². The first-order valence-electron chi connectivity index (χ1n) is 8.76. The molecule has 1 N–H and O–H groups in total. The number of carbonyl (C=O) groups is 1. The van der Waals surface area contributed by atoms with Crippen LogP contribution in [0.1, 0.15) is 28.4 Å². The Bertz CT molecular complexity index is 864. The van der Waals surface area contributed by atoms with Gasteiger partial charge in [0.25, 0.3) is 0 Å². The molecule has 1 aromatic heterocycles. The minimum absolute atomic E-state index is 0.0291. The van der Waals surface area contributed by atoms with Gasteiger partial charge in [0, 0.05) is 12.5 Å². The van der Waals surface area contributed by atoms with Crippen molar-refractivity contribution in [3.8, 4) is 5.69 Å². The van der Waals surface area contributed by atoms with Gasteiger partial charge in [-0.2, -0.15) is 0 Å². The number of aromatic nitrogens is 3. The SMILES string of the molecule is O=C(O[C@@H]1CNCC[C@H]1c1cn(-c2ccccc2)nn1)c1ccccc1. The Labute approximate surface area is 151 Å². The number of hydrogen-bond acceptors (Lipinski definition) is 5. The Morgan fingerprint density at radius 2 is 1.81 bits per heavy atom. The van der Waals surface area contributed by atoms with Crippen LogP contribution >= 0.6 is 0 Å². The summed E-state index contributed by atoms with van der Waals surface area (Å²) in [5.74, 6) is -0.277. The van der Waals surface area contributed by atoms with E-state index < -0.39 is 0 Å². The van der Waals surface area contributed by atoms with Crippen LogP contribution in [0.5, 0.6) is 0 Å². The van der Waals surface area contributed by atoms with E-state index in [1.807, 2.05) is 54.7 Å². The number of nitrogens with one attached hydrogen (secondary N) is 1. The molecule has 132 valence electrons. The second-order valence-electron chi connectivity index (χ2n) is 6.33. The Morgan fingerprint density at radius 3 is 2.58 bits per heavy atom. The largest absolute Gasteiger partial charge is 0.457 e. The molecule has 1 aliphatic rings. The monoisotopic (exact) mass is 348 g/mol. The highest BCUT2D eigenvalue weighted by Crippen LogP contribution is 2.27. The molecule has 6 heteroatoms. The van der Waals surface area contributed by atoms with Crippen LogP contribution in [0.3, 0.4) is 0 Å². The molecule has 0 spiro atoms. The van der Waals surface area contributed by atoms with Crippen molar-refractivity contribution in [2.24, 2.45) is 0 Å².